The van der Waals surface area contributed by atoms with E-state index < -0.39 is 53.5 Å². The van der Waals surface area contributed by atoms with Gasteiger partial charge in [-0.15, -0.1) is 0 Å². The maximum Gasteiger partial charge on any atom is 0.417 e. The highest BCUT2D eigenvalue weighted by Gasteiger charge is 2.61. The van der Waals surface area contributed by atoms with Gasteiger partial charge in [0.2, 0.25) is 5.91 Å². The zero-order valence-corrected chi connectivity index (χ0v) is 28.5. The number of ether oxygens (including phenoxy) is 1. The van der Waals surface area contributed by atoms with Gasteiger partial charge in [-0.25, -0.2) is 8.78 Å². The smallest absolute Gasteiger partial charge is 0.417 e. The van der Waals surface area contributed by atoms with Gasteiger partial charge < -0.3 is 19.3 Å². The summed E-state index contributed by atoms with van der Waals surface area (Å²) in [5.41, 5.74) is -5.21. The summed E-state index contributed by atoms with van der Waals surface area (Å²) in [5, 5.41) is 23.5. The number of anilines is 1. The predicted octanol–water partition coefficient (Wildman–Crippen LogP) is 8.48. The molecule has 4 fully saturated rings. The van der Waals surface area contributed by atoms with Gasteiger partial charge in [-0.05, 0) is 126 Å². The van der Waals surface area contributed by atoms with Crippen LogP contribution >= 0.6 is 0 Å². The lowest BCUT2D eigenvalue weighted by Gasteiger charge is -2.53. The SMILES string of the molecule is CC(C)(C#N)Oc1ccc(-c2cc(N(CC34CCC(c5noc(C(C)(C)F)n5)(CC3)CC4)C(=O)CC3CC(O)(C(F)(F)F)C3)ccc2F)cc1. The molecular formula is C37H41F5N4O4. The molecule has 4 aliphatic rings. The van der Waals surface area contributed by atoms with Crippen molar-refractivity contribution >= 4 is 11.6 Å². The Morgan fingerprint density at radius 1 is 1.02 bits per heavy atom. The van der Waals surface area contributed by atoms with Crippen molar-refractivity contribution in [1.82, 2.24) is 10.1 Å². The first-order valence-corrected chi connectivity index (χ1v) is 16.9. The Morgan fingerprint density at radius 2 is 1.64 bits per heavy atom. The molecule has 1 aromatic heterocycles. The quantitative estimate of drug-likeness (QED) is 0.211. The second-order valence-corrected chi connectivity index (χ2v) is 15.6. The maximum absolute atomic E-state index is 15.3. The minimum Gasteiger partial charge on any atom is -0.473 e. The largest absolute Gasteiger partial charge is 0.473 e. The normalized spacial score (nSPS) is 26.6. The van der Waals surface area contributed by atoms with Crippen LogP contribution < -0.4 is 9.64 Å². The molecule has 1 heterocycles. The van der Waals surface area contributed by atoms with E-state index in [0.29, 0.717) is 61.3 Å². The third-order valence-corrected chi connectivity index (χ3v) is 10.9. The number of carbonyl (C=O) groups is 1. The molecule has 3 aromatic rings. The third kappa shape index (κ3) is 6.83. The molecule has 0 saturated heterocycles. The number of aliphatic hydroxyl groups is 1. The third-order valence-electron chi connectivity index (χ3n) is 10.9. The van der Waals surface area contributed by atoms with Crippen LogP contribution in [0.2, 0.25) is 0 Å². The molecule has 1 N–H and O–H groups in total. The Hall–Kier alpha value is -4.05. The summed E-state index contributed by atoms with van der Waals surface area (Å²) in [6.45, 7) is 6.23. The lowest BCUT2D eigenvalue weighted by atomic mass is 9.53. The number of amides is 1. The van der Waals surface area contributed by atoms with Crippen LogP contribution in [0.3, 0.4) is 0 Å². The zero-order valence-electron chi connectivity index (χ0n) is 28.5. The van der Waals surface area contributed by atoms with E-state index in [9.17, 15) is 32.7 Å². The summed E-state index contributed by atoms with van der Waals surface area (Å²) in [7, 11) is 0. The van der Waals surface area contributed by atoms with E-state index in [1.165, 1.54) is 26.0 Å². The standard InChI is InChI=1S/C37H41F5N4O4/c1-32(2,21-43)49-26-8-5-24(6-9-26)27-18-25(7-10-28(27)38)46(29(47)17-23-19-36(48,20-23)37(40,41)42)22-34-11-14-35(15-12-34,16-13-34)30-44-31(50-45-30)33(3,4)39/h5-10,18,23,48H,11-17,19-20,22H2,1-4H3. The summed E-state index contributed by atoms with van der Waals surface area (Å²) >= 11 is 0. The number of carbonyl (C=O) groups excluding carboxylic acids is 1. The topological polar surface area (TPSA) is 112 Å². The molecule has 13 heteroatoms. The number of benzene rings is 2. The Labute approximate surface area is 287 Å². The maximum atomic E-state index is 15.3. The second-order valence-electron chi connectivity index (χ2n) is 15.6. The van der Waals surface area contributed by atoms with E-state index >= 15 is 4.39 Å². The van der Waals surface area contributed by atoms with Crippen molar-refractivity contribution in [2.75, 3.05) is 11.4 Å². The van der Waals surface area contributed by atoms with Crippen molar-refractivity contribution in [3.63, 3.8) is 0 Å². The van der Waals surface area contributed by atoms with E-state index in [-0.39, 0.29) is 35.2 Å². The molecule has 268 valence electrons. The van der Waals surface area contributed by atoms with Crippen LogP contribution in [0.25, 0.3) is 11.1 Å². The average Bonchev–Trinajstić information content (AvgIpc) is 3.56. The zero-order chi connectivity index (χ0) is 36.3. The predicted molar refractivity (Wildman–Crippen MR) is 173 cm³/mol. The van der Waals surface area contributed by atoms with Gasteiger partial charge in [-0.3, -0.25) is 4.79 Å². The fourth-order valence-electron chi connectivity index (χ4n) is 7.73. The molecule has 4 saturated carbocycles. The molecule has 0 radical (unpaired) electrons. The van der Waals surface area contributed by atoms with Gasteiger partial charge >= 0.3 is 6.18 Å². The number of aromatic nitrogens is 2. The average molecular weight is 701 g/mol. The van der Waals surface area contributed by atoms with Gasteiger partial charge in [0.1, 0.15) is 17.6 Å². The van der Waals surface area contributed by atoms with Crippen molar-refractivity contribution in [2.45, 2.75) is 114 Å². The Kier molecular flexibility index (Phi) is 8.81. The molecule has 8 nitrogen and oxygen atoms in total. The van der Waals surface area contributed by atoms with Gasteiger partial charge in [-0.2, -0.15) is 23.4 Å². The number of fused-ring (bicyclic) bond motifs is 3. The number of hydrogen-bond donors (Lipinski definition) is 1. The fraction of sp³-hybridized carbons (Fsp3) is 0.568. The van der Waals surface area contributed by atoms with Gasteiger partial charge in [-0.1, -0.05) is 17.3 Å². The van der Waals surface area contributed by atoms with Gasteiger partial charge in [0.25, 0.3) is 5.89 Å². The van der Waals surface area contributed by atoms with Crippen LogP contribution in [0.4, 0.5) is 27.6 Å². The van der Waals surface area contributed by atoms with Crippen LogP contribution in [-0.2, 0) is 15.9 Å². The summed E-state index contributed by atoms with van der Waals surface area (Å²) < 4.78 is 80.9. The molecule has 1 amide bonds. The highest BCUT2D eigenvalue weighted by atomic mass is 19.4. The first kappa shape index (κ1) is 35.8. The number of halogens is 5. The molecular weight excluding hydrogens is 659 g/mol. The monoisotopic (exact) mass is 700 g/mol. The van der Waals surface area contributed by atoms with E-state index in [4.69, 9.17) is 9.26 Å². The van der Waals surface area contributed by atoms with E-state index in [0.717, 1.165) is 0 Å². The number of hydrogen-bond acceptors (Lipinski definition) is 7. The Bertz CT molecular complexity index is 1760. The number of nitriles is 1. The van der Waals surface area contributed by atoms with E-state index in [2.05, 4.69) is 16.2 Å². The molecule has 7 rings (SSSR count). The van der Waals surface area contributed by atoms with Crippen molar-refractivity contribution in [2.24, 2.45) is 11.3 Å². The van der Waals surface area contributed by atoms with Crippen molar-refractivity contribution < 1.29 is 41.1 Å². The molecule has 2 aromatic carbocycles. The minimum atomic E-state index is -4.78. The van der Waals surface area contributed by atoms with Crippen molar-refractivity contribution in [1.29, 1.82) is 5.26 Å². The van der Waals surface area contributed by atoms with Gasteiger partial charge in [0.05, 0.1) is 0 Å². The van der Waals surface area contributed by atoms with Crippen LogP contribution in [0.5, 0.6) is 5.75 Å². The van der Waals surface area contributed by atoms with Gasteiger partial charge in [0.15, 0.2) is 22.7 Å². The lowest BCUT2D eigenvalue weighted by Crippen LogP contribution is -2.56. The van der Waals surface area contributed by atoms with Crippen LogP contribution in [0.1, 0.15) is 97.2 Å². The molecule has 0 unspecified atom stereocenters. The summed E-state index contributed by atoms with van der Waals surface area (Å²) in [5.74, 6) is -0.758. The first-order valence-electron chi connectivity index (χ1n) is 16.9. The summed E-state index contributed by atoms with van der Waals surface area (Å²) in [6.07, 6.45) is -1.93. The number of alkyl halides is 4. The fourth-order valence-corrected chi connectivity index (χ4v) is 7.73. The Balaban J connectivity index is 1.26. The Morgan fingerprint density at radius 3 is 2.18 bits per heavy atom. The molecule has 0 aliphatic heterocycles. The molecule has 0 spiro atoms. The highest BCUT2D eigenvalue weighted by Crippen LogP contribution is 2.58. The summed E-state index contributed by atoms with van der Waals surface area (Å²) in [4.78, 5) is 20.0. The second kappa shape index (κ2) is 12.3. The van der Waals surface area contributed by atoms with E-state index in [1.807, 2.05) is 0 Å². The molecule has 2 bridgehead atoms. The number of rotatable bonds is 10. The van der Waals surface area contributed by atoms with Crippen molar-refractivity contribution in [3.05, 3.63) is 60.0 Å². The molecule has 50 heavy (non-hydrogen) atoms. The van der Waals surface area contributed by atoms with Crippen molar-refractivity contribution in [3.8, 4) is 22.9 Å². The first-order chi connectivity index (χ1) is 23.3. The summed E-state index contributed by atoms with van der Waals surface area (Å²) in [6, 6.07) is 12.9. The molecule has 4 aliphatic carbocycles. The van der Waals surface area contributed by atoms with Crippen LogP contribution in [-0.4, -0.2) is 45.1 Å². The van der Waals surface area contributed by atoms with Gasteiger partial charge in [0, 0.05) is 29.6 Å². The van der Waals surface area contributed by atoms with Crippen LogP contribution in [0, 0.1) is 28.5 Å². The minimum absolute atomic E-state index is 0.0743. The lowest BCUT2D eigenvalue weighted by molar-refractivity contribution is -0.298. The molecule has 0 atom stereocenters. The van der Waals surface area contributed by atoms with E-state index in [1.54, 1.807) is 49.1 Å². The van der Waals surface area contributed by atoms with Crippen LogP contribution in [0.15, 0.2) is 47.0 Å². The highest BCUT2D eigenvalue weighted by molar-refractivity contribution is 5.94. The number of nitrogens with zero attached hydrogens (tertiary/aromatic N) is 4.